The first kappa shape index (κ1) is 11.5. The minimum absolute atomic E-state index is 0.0544. The molecule has 15 heavy (non-hydrogen) atoms. The molecule has 1 aromatic carbocycles. The first-order valence-corrected chi connectivity index (χ1v) is 4.77. The van der Waals surface area contributed by atoms with Crippen LogP contribution in [0.25, 0.3) is 0 Å². The minimum atomic E-state index is -0.899. The minimum Gasteiger partial charge on any atom is -0.480 e. The summed E-state index contributed by atoms with van der Waals surface area (Å²) in [6, 6.07) is 7.55. The van der Waals surface area contributed by atoms with Gasteiger partial charge in [-0.2, -0.15) is 0 Å². The molecule has 0 bridgehead atoms. The molecule has 4 heteroatoms. The lowest BCUT2D eigenvalue weighted by Gasteiger charge is -2.21. The Hall–Kier alpha value is -1.55. The van der Waals surface area contributed by atoms with Crippen LogP contribution in [0.2, 0.25) is 0 Å². The van der Waals surface area contributed by atoms with E-state index in [-0.39, 0.29) is 13.2 Å². The van der Waals surface area contributed by atoms with E-state index in [4.69, 9.17) is 10.2 Å². The molecule has 0 atom stereocenters. The van der Waals surface area contributed by atoms with Crippen molar-refractivity contribution in [3.63, 3.8) is 0 Å². The summed E-state index contributed by atoms with van der Waals surface area (Å²) in [7, 11) is 0. The van der Waals surface area contributed by atoms with E-state index < -0.39 is 5.97 Å². The van der Waals surface area contributed by atoms with Gasteiger partial charge in [0.15, 0.2) is 0 Å². The molecular weight excluding hydrogens is 194 g/mol. The van der Waals surface area contributed by atoms with Crippen molar-refractivity contribution in [1.29, 1.82) is 0 Å². The number of aliphatic carboxylic acids is 1. The summed E-state index contributed by atoms with van der Waals surface area (Å²) in [5.74, 6) is -0.899. The number of aryl methyl sites for hydroxylation is 1. The van der Waals surface area contributed by atoms with Gasteiger partial charge in [0.05, 0.1) is 6.61 Å². The molecule has 0 radical (unpaired) electrons. The molecule has 0 saturated carbocycles. The van der Waals surface area contributed by atoms with Gasteiger partial charge < -0.3 is 15.1 Å². The highest BCUT2D eigenvalue weighted by Crippen LogP contribution is 2.14. The van der Waals surface area contributed by atoms with Crippen LogP contribution in [0.3, 0.4) is 0 Å². The zero-order valence-electron chi connectivity index (χ0n) is 8.68. The Balaban J connectivity index is 2.78. The number of carboxylic acid groups (broad SMARTS) is 1. The van der Waals surface area contributed by atoms with Crippen molar-refractivity contribution in [1.82, 2.24) is 0 Å². The smallest absolute Gasteiger partial charge is 0.323 e. The van der Waals surface area contributed by atoms with Gasteiger partial charge in [-0.15, -0.1) is 0 Å². The largest absolute Gasteiger partial charge is 0.480 e. The van der Waals surface area contributed by atoms with Crippen LogP contribution in [0.1, 0.15) is 5.56 Å². The number of nitrogens with zero attached hydrogens (tertiary/aromatic N) is 1. The lowest BCUT2D eigenvalue weighted by molar-refractivity contribution is -0.135. The molecule has 0 aliphatic carbocycles. The number of carboxylic acids is 1. The first-order chi connectivity index (χ1) is 7.13. The predicted octanol–water partition coefficient (Wildman–Crippen LogP) is 0.878. The van der Waals surface area contributed by atoms with E-state index in [0.29, 0.717) is 6.54 Å². The lowest BCUT2D eigenvalue weighted by Crippen LogP contribution is -2.32. The van der Waals surface area contributed by atoms with E-state index in [0.717, 1.165) is 11.3 Å². The Morgan fingerprint density at radius 2 is 1.93 bits per heavy atom. The summed E-state index contributed by atoms with van der Waals surface area (Å²) >= 11 is 0. The van der Waals surface area contributed by atoms with E-state index in [1.165, 1.54) is 0 Å². The molecule has 1 rings (SSSR count). The van der Waals surface area contributed by atoms with Crippen molar-refractivity contribution in [2.24, 2.45) is 0 Å². The van der Waals surface area contributed by atoms with E-state index >= 15 is 0 Å². The lowest BCUT2D eigenvalue weighted by atomic mass is 10.2. The summed E-state index contributed by atoms with van der Waals surface area (Å²) < 4.78 is 0. The standard InChI is InChI=1S/C11H15NO3/c1-9-2-4-10(5-3-9)12(6-7-13)8-11(14)15/h2-5,13H,6-8H2,1H3,(H,14,15). The van der Waals surface area contributed by atoms with Crippen molar-refractivity contribution >= 4 is 11.7 Å². The molecule has 2 N–H and O–H groups in total. The van der Waals surface area contributed by atoms with Crippen LogP contribution in [0, 0.1) is 6.92 Å². The van der Waals surface area contributed by atoms with Gasteiger partial charge in [0.1, 0.15) is 6.54 Å². The topological polar surface area (TPSA) is 60.8 Å². The maximum Gasteiger partial charge on any atom is 0.323 e. The molecule has 0 aliphatic rings. The molecule has 0 aliphatic heterocycles. The number of aliphatic hydroxyl groups is 1. The fourth-order valence-corrected chi connectivity index (χ4v) is 1.34. The number of anilines is 1. The first-order valence-electron chi connectivity index (χ1n) is 4.77. The molecule has 0 aromatic heterocycles. The van der Waals surface area contributed by atoms with Crippen LogP contribution in [0.4, 0.5) is 5.69 Å². The summed E-state index contributed by atoms with van der Waals surface area (Å²) in [5, 5.41) is 17.5. The molecule has 0 saturated heterocycles. The van der Waals surface area contributed by atoms with E-state index in [2.05, 4.69) is 0 Å². The Bertz CT molecular complexity index is 321. The summed E-state index contributed by atoms with van der Waals surface area (Å²) in [6.07, 6.45) is 0. The third-order valence-corrected chi connectivity index (χ3v) is 2.10. The highest BCUT2D eigenvalue weighted by atomic mass is 16.4. The number of benzene rings is 1. The number of hydrogen-bond donors (Lipinski definition) is 2. The Morgan fingerprint density at radius 1 is 1.33 bits per heavy atom. The number of hydrogen-bond acceptors (Lipinski definition) is 3. The van der Waals surface area contributed by atoms with Crippen LogP contribution in [0.5, 0.6) is 0 Å². The van der Waals surface area contributed by atoms with E-state index in [1.54, 1.807) is 4.90 Å². The van der Waals surface area contributed by atoms with Crippen molar-refractivity contribution < 1.29 is 15.0 Å². The van der Waals surface area contributed by atoms with Gasteiger partial charge in [0.2, 0.25) is 0 Å². The second-order valence-corrected chi connectivity index (χ2v) is 3.37. The van der Waals surface area contributed by atoms with Gasteiger partial charge >= 0.3 is 5.97 Å². The van der Waals surface area contributed by atoms with Crippen molar-refractivity contribution in [2.45, 2.75) is 6.92 Å². The second kappa shape index (κ2) is 5.36. The van der Waals surface area contributed by atoms with Crippen LogP contribution in [0.15, 0.2) is 24.3 Å². The molecular formula is C11H15NO3. The van der Waals surface area contributed by atoms with Crippen LogP contribution >= 0.6 is 0 Å². The summed E-state index contributed by atoms with van der Waals surface area (Å²) in [4.78, 5) is 12.2. The summed E-state index contributed by atoms with van der Waals surface area (Å²) in [5.41, 5.74) is 1.94. The van der Waals surface area contributed by atoms with Gasteiger partial charge in [-0.1, -0.05) is 17.7 Å². The number of rotatable bonds is 5. The normalized spacial score (nSPS) is 10.0. The second-order valence-electron chi connectivity index (χ2n) is 3.37. The van der Waals surface area contributed by atoms with E-state index in [1.807, 2.05) is 31.2 Å². The Kier molecular flexibility index (Phi) is 4.12. The summed E-state index contributed by atoms with van der Waals surface area (Å²) in [6.45, 7) is 2.15. The molecule has 0 unspecified atom stereocenters. The Morgan fingerprint density at radius 3 is 2.40 bits per heavy atom. The maximum atomic E-state index is 10.6. The highest BCUT2D eigenvalue weighted by Gasteiger charge is 2.09. The van der Waals surface area contributed by atoms with Gasteiger partial charge in [-0.3, -0.25) is 4.79 Å². The fraction of sp³-hybridized carbons (Fsp3) is 0.364. The Labute approximate surface area is 88.8 Å². The van der Waals surface area contributed by atoms with Crippen LogP contribution < -0.4 is 4.90 Å². The van der Waals surface area contributed by atoms with Crippen molar-refractivity contribution in [2.75, 3.05) is 24.6 Å². The molecule has 0 fully saturated rings. The molecule has 4 nitrogen and oxygen atoms in total. The highest BCUT2D eigenvalue weighted by molar-refractivity contribution is 5.73. The predicted molar refractivity (Wildman–Crippen MR) is 58.1 cm³/mol. The monoisotopic (exact) mass is 209 g/mol. The molecule has 1 aromatic rings. The maximum absolute atomic E-state index is 10.6. The zero-order chi connectivity index (χ0) is 11.3. The third-order valence-electron chi connectivity index (χ3n) is 2.10. The van der Waals surface area contributed by atoms with Gasteiger partial charge in [0.25, 0.3) is 0 Å². The quantitative estimate of drug-likeness (QED) is 0.755. The molecule has 0 amide bonds. The zero-order valence-corrected chi connectivity index (χ0v) is 8.68. The number of carbonyl (C=O) groups is 1. The molecule has 0 spiro atoms. The fourth-order valence-electron chi connectivity index (χ4n) is 1.34. The average Bonchev–Trinajstić information content (AvgIpc) is 2.17. The molecule has 0 heterocycles. The average molecular weight is 209 g/mol. The van der Waals surface area contributed by atoms with Gasteiger partial charge in [0, 0.05) is 12.2 Å². The van der Waals surface area contributed by atoms with Gasteiger partial charge in [-0.25, -0.2) is 0 Å². The van der Waals surface area contributed by atoms with Crippen molar-refractivity contribution in [3.05, 3.63) is 29.8 Å². The van der Waals surface area contributed by atoms with Gasteiger partial charge in [-0.05, 0) is 19.1 Å². The van der Waals surface area contributed by atoms with E-state index in [9.17, 15) is 4.79 Å². The van der Waals surface area contributed by atoms with Crippen LogP contribution in [-0.2, 0) is 4.79 Å². The van der Waals surface area contributed by atoms with Crippen molar-refractivity contribution in [3.8, 4) is 0 Å². The molecule has 82 valence electrons. The SMILES string of the molecule is Cc1ccc(N(CCO)CC(=O)O)cc1. The number of aliphatic hydroxyl groups excluding tert-OH is 1. The van der Waals surface area contributed by atoms with Crippen LogP contribution in [-0.4, -0.2) is 35.9 Å². The third kappa shape index (κ3) is 3.59.